The Labute approximate surface area is 142 Å². The Morgan fingerprint density at radius 3 is 2.62 bits per heavy atom. The van der Waals surface area contributed by atoms with Crippen molar-refractivity contribution >= 4 is 11.9 Å². The third kappa shape index (κ3) is 4.91. The number of hydrogen-bond donors (Lipinski definition) is 2. The van der Waals surface area contributed by atoms with Crippen molar-refractivity contribution in [2.24, 2.45) is 5.73 Å². The number of ether oxygens (including phenoxy) is 2. The Hall–Kier alpha value is -2.18. The minimum atomic E-state index is -0.489. The van der Waals surface area contributed by atoms with Crippen LogP contribution in [0.4, 0.5) is 0 Å². The summed E-state index contributed by atoms with van der Waals surface area (Å²) in [5, 5.41) is 2.82. The van der Waals surface area contributed by atoms with Crippen LogP contribution >= 0.6 is 0 Å². The zero-order valence-electron chi connectivity index (χ0n) is 14.0. The molecular weight excluding hydrogens is 308 g/mol. The molecule has 0 heterocycles. The molecule has 1 aliphatic rings. The van der Waals surface area contributed by atoms with Gasteiger partial charge < -0.3 is 20.5 Å². The van der Waals surface area contributed by atoms with Gasteiger partial charge in [0.05, 0.1) is 25.4 Å². The normalized spacial score (nSPS) is 23.3. The van der Waals surface area contributed by atoms with Crippen LogP contribution in [0.25, 0.3) is 0 Å². The van der Waals surface area contributed by atoms with Crippen molar-refractivity contribution in [3.05, 3.63) is 47.5 Å². The first kappa shape index (κ1) is 18.2. The van der Waals surface area contributed by atoms with Gasteiger partial charge in [-0.15, -0.1) is 0 Å². The van der Waals surface area contributed by atoms with Crippen molar-refractivity contribution in [3.8, 4) is 0 Å². The molecule has 0 unspecified atom stereocenters. The van der Waals surface area contributed by atoms with E-state index in [0.717, 1.165) is 5.56 Å². The van der Waals surface area contributed by atoms with Crippen LogP contribution in [-0.4, -0.2) is 36.7 Å². The molecule has 24 heavy (non-hydrogen) atoms. The Balaban J connectivity index is 2.16. The number of nitrogens with one attached hydrogen (secondary N) is 1. The highest BCUT2D eigenvalue weighted by atomic mass is 16.5. The molecule has 0 saturated heterocycles. The van der Waals surface area contributed by atoms with Gasteiger partial charge in [-0.05, 0) is 25.0 Å². The summed E-state index contributed by atoms with van der Waals surface area (Å²) in [7, 11) is 0. The van der Waals surface area contributed by atoms with Crippen LogP contribution in [0.15, 0.2) is 42.0 Å². The molecule has 3 atom stereocenters. The van der Waals surface area contributed by atoms with E-state index in [0.29, 0.717) is 25.2 Å². The van der Waals surface area contributed by atoms with E-state index >= 15 is 0 Å². The van der Waals surface area contributed by atoms with E-state index < -0.39 is 12.1 Å². The molecule has 3 N–H and O–H groups in total. The molecule has 0 saturated carbocycles. The van der Waals surface area contributed by atoms with Crippen LogP contribution in [0, 0.1) is 0 Å². The van der Waals surface area contributed by atoms with Crippen LogP contribution in [0.5, 0.6) is 0 Å². The minimum absolute atomic E-state index is 0.184. The number of amides is 1. The van der Waals surface area contributed by atoms with Gasteiger partial charge in [0.15, 0.2) is 0 Å². The summed E-state index contributed by atoms with van der Waals surface area (Å²) >= 11 is 0. The molecule has 0 fully saturated rings. The van der Waals surface area contributed by atoms with Crippen LogP contribution < -0.4 is 11.1 Å². The molecule has 0 aromatic heterocycles. The lowest BCUT2D eigenvalue weighted by molar-refractivity contribution is -0.139. The van der Waals surface area contributed by atoms with Crippen molar-refractivity contribution < 1.29 is 19.1 Å². The fourth-order valence-corrected chi connectivity index (χ4v) is 2.71. The first-order valence-corrected chi connectivity index (χ1v) is 8.07. The van der Waals surface area contributed by atoms with Crippen molar-refractivity contribution in [1.29, 1.82) is 0 Å². The van der Waals surface area contributed by atoms with Crippen molar-refractivity contribution in [1.82, 2.24) is 5.32 Å². The van der Waals surface area contributed by atoms with Gasteiger partial charge >= 0.3 is 5.97 Å². The molecule has 0 radical (unpaired) electrons. The smallest absolute Gasteiger partial charge is 0.333 e. The van der Waals surface area contributed by atoms with Gasteiger partial charge in [-0.2, -0.15) is 0 Å². The summed E-state index contributed by atoms with van der Waals surface area (Å²) in [6.07, 6.45) is 1.57. The van der Waals surface area contributed by atoms with Gasteiger partial charge in [0, 0.05) is 18.5 Å². The first-order chi connectivity index (χ1) is 11.5. The fourth-order valence-electron chi connectivity index (χ4n) is 2.71. The Morgan fingerprint density at radius 2 is 2.00 bits per heavy atom. The topological polar surface area (TPSA) is 90.6 Å². The Morgan fingerprint density at radius 1 is 1.29 bits per heavy atom. The predicted molar refractivity (Wildman–Crippen MR) is 89.9 cm³/mol. The molecule has 0 bridgehead atoms. The average Bonchev–Trinajstić information content (AvgIpc) is 2.56. The molecule has 6 heteroatoms. The van der Waals surface area contributed by atoms with E-state index in [9.17, 15) is 9.59 Å². The summed E-state index contributed by atoms with van der Waals surface area (Å²) in [6.45, 7) is 3.85. The maximum Gasteiger partial charge on any atom is 0.333 e. The highest BCUT2D eigenvalue weighted by molar-refractivity contribution is 5.89. The number of carbonyl (C=O) groups excluding carboxylic acids is 2. The van der Waals surface area contributed by atoms with Crippen molar-refractivity contribution in [2.45, 2.75) is 45.1 Å². The second-order valence-corrected chi connectivity index (χ2v) is 5.77. The van der Waals surface area contributed by atoms with Gasteiger partial charge in [-0.25, -0.2) is 4.79 Å². The summed E-state index contributed by atoms with van der Waals surface area (Å²) in [6, 6.07) is 8.88. The van der Waals surface area contributed by atoms with E-state index in [1.807, 2.05) is 30.3 Å². The molecule has 130 valence electrons. The number of hydrogen-bond acceptors (Lipinski definition) is 5. The lowest BCUT2D eigenvalue weighted by Gasteiger charge is -2.35. The molecule has 0 spiro atoms. The summed E-state index contributed by atoms with van der Waals surface area (Å²) in [5.41, 5.74) is 7.66. The quantitative estimate of drug-likeness (QED) is 0.766. The van der Waals surface area contributed by atoms with E-state index in [2.05, 4.69) is 5.32 Å². The summed E-state index contributed by atoms with van der Waals surface area (Å²) < 4.78 is 11.0. The van der Waals surface area contributed by atoms with E-state index in [-0.39, 0.29) is 17.9 Å². The van der Waals surface area contributed by atoms with E-state index in [1.165, 1.54) is 6.92 Å². The van der Waals surface area contributed by atoms with Crippen molar-refractivity contribution in [3.63, 3.8) is 0 Å². The molecule has 2 rings (SSSR count). The molecule has 1 aromatic rings. The van der Waals surface area contributed by atoms with Crippen LogP contribution in [0.2, 0.25) is 0 Å². The highest BCUT2D eigenvalue weighted by Crippen LogP contribution is 2.22. The second-order valence-electron chi connectivity index (χ2n) is 5.77. The zero-order valence-corrected chi connectivity index (χ0v) is 14.0. The maximum atomic E-state index is 12.0. The molecular formula is C18H24N2O4. The van der Waals surface area contributed by atoms with Gasteiger partial charge in [0.25, 0.3) is 0 Å². The van der Waals surface area contributed by atoms with Crippen LogP contribution in [0.3, 0.4) is 0 Å². The summed E-state index contributed by atoms with van der Waals surface area (Å²) in [4.78, 5) is 23.5. The first-order valence-electron chi connectivity index (χ1n) is 8.07. The van der Waals surface area contributed by atoms with Gasteiger partial charge in [0.2, 0.25) is 5.91 Å². The van der Waals surface area contributed by atoms with Crippen LogP contribution in [0.1, 0.15) is 25.8 Å². The third-order valence-corrected chi connectivity index (χ3v) is 3.83. The molecule has 0 aliphatic heterocycles. The van der Waals surface area contributed by atoms with Crippen LogP contribution in [-0.2, 0) is 25.7 Å². The highest BCUT2D eigenvalue weighted by Gasteiger charge is 2.34. The molecule has 6 nitrogen and oxygen atoms in total. The summed E-state index contributed by atoms with van der Waals surface area (Å²) in [5.74, 6) is -0.570. The Bertz CT molecular complexity index is 600. The number of esters is 1. The predicted octanol–water partition coefficient (Wildman–Crippen LogP) is 1.30. The Kier molecular flexibility index (Phi) is 6.52. The lowest BCUT2D eigenvalue weighted by Crippen LogP contribution is -2.56. The van der Waals surface area contributed by atoms with Gasteiger partial charge in [0.1, 0.15) is 0 Å². The number of nitrogens with two attached hydrogens (primary N) is 1. The van der Waals surface area contributed by atoms with Crippen molar-refractivity contribution in [2.75, 3.05) is 6.61 Å². The fraction of sp³-hybridized carbons (Fsp3) is 0.444. The van der Waals surface area contributed by atoms with E-state index in [1.54, 1.807) is 13.0 Å². The second kappa shape index (κ2) is 8.61. The molecule has 1 aliphatic carbocycles. The van der Waals surface area contributed by atoms with E-state index in [4.69, 9.17) is 15.2 Å². The molecule has 1 aromatic carbocycles. The average molecular weight is 332 g/mol. The SMILES string of the molecule is CCOC(=O)C1=C[C@@H](OCc2ccccc2)[C@H](NC(C)=O)[C@@H](N)C1. The number of rotatable bonds is 6. The zero-order chi connectivity index (χ0) is 17.5. The van der Waals surface area contributed by atoms with Gasteiger partial charge in [-0.3, -0.25) is 4.79 Å². The maximum absolute atomic E-state index is 12.0. The minimum Gasteiger partial charge on any atom is -0.463 e. The largest absolute Gasteiger partial charge is 0.463 e. The third-order valence-electron chi connectivity index (χ3n) is 3.83. The number of benzene rings is 1. The molecule has 1 amide bonds. The lowest BCUT2D eigenvalue weighted by atomic mass is 9.88. The van der Waals surface area contributed by atoms with Gasteiger partial charge in [-0.1, -0.05) is 30.3 Å². The number of carbonyl (C=O) groups is 2. The standard InChI is InChI=1S/C18H24N2O4/c1-3-23-18(22)14-9-15(19)17(20-12(2)21)16(10-14)24-11-13-7-5-4-6-8-13/h4-8,10,15-17H,3,9,11,19H2,1-2H3,(H,20,21)/t15-,16+,17+/m0/s1. The monoisotopic (exact) mass is 332 g/mol.